The summed E-state index contributed by atoms with van der Waals surface area (Å²) in [7, 11) is -1.93. The largest absolute Gasteiger partial charge is 0.394 e. The highest BCUT2D eigenvalue weighted by molar-refractivity contribution is 7.52. The lowest BCUT2D eigenvalue weighted by atomic mass is 10.0. The molecule has 0 heterocycles. The molecule has 0 aliphatic carbocycles. The Kier molecular flexibility index (Phi) is 22.8. The molecule has 0 fully saturated rings. The molecule has 0 rings (SSSR count). The smallest absolute Gasteiger partial charge is 0.353 e. The maximum absolute atomic E-state index is 12.7. The van der Waals surface area contributed by atoms with Crippen LogP contribution in [0.4, 0.5) is 4.39 Å². The summed E-state index contributed by atoms with van der Waals surface area (Å²) in [5.74, 6) is 0. The Morgan fingerprint density at radius 2 is 1.34 bits per heavy atom. The fourth-order valence-corrected chi connectivity index (χ4v) is 4.29. The van der Waals surface area contributed by atoms with E-state index < -0.39 is 26.2 Å². The van der Waals surface area contributed by atoms with Crippen LogP contribution < -0.4 is 0 Å². The number of alkyl halides is 1. The molecule has 32 heavy (non-hydrogen) atoms. The molecule has 0 saturated carbocycles. The van der Waals surface area contributed by atoms with E-state index >= 15 is 0 Å². The first-order valence-electron chi connectivity index (χ1n) is 12.8. The zero-order valence-electron chi connectivity index (χ0n) is 20.6. The van der Waals surface area contributed by atoms with Crippen molar-refractivity contribution >= 4 is 15.4 Å². The van der Waals surface area contributed by atoms with E-state index in [4.69, 9.17) is 19.1 Å². The highest BCUT2D eigenvalue weighted by Gasteiger charge is 2.21. The average molecular weight is 482 g/mol. The van der Waals surface area contributed by atoms with Gasteiger partial charge in [0.25, 0.3) is 0 Å². The average Bonchev–Trinajstić information content (AvgIpc) is 2.75. The SMILES string of the molecule is BC[C@@H](CO)OCP(=O)(O)OCCCOCCCCCCCCCCCCCCC(C)F. The Balaban J connectivity index is 3.27. The van der Waals surface area contributed by atoms with Gasteiger partial charge in [-0.3, -0.25) is 4.57 Å². The van der Waals surface area contributed by atoms with Crippen molar-refractivity contribution in [2.24, 2.45) is 0 Å². The summed E-state index contributed by atoms with van der Waals surface area (Å²) >= 11 is 0. The van der Waals surface area contributed by atoms with Crippen molar-refractivity contribution in [1.82, 2.24) is 0 Å². The van der Waals surface area contributed by atoms with Gasteiger partial charge in [0.1, 0.15) is 14.2 Å². The normalized spacial score (nSPS) is 15.5. The number of unbranched alkanes of at least 4 members (excludes halogenated alkanes) is 11. The molecule has 0 aliphatic rings. The fourth-order valence-electron chi connectivity index (χ4n) is 3.40. The number of ether oxygens (including phenoxy) is 2. The van der Waals surface area contributed by atoms with Gasteiger partial charge in [-0.1, -0.05) is 76.9 Å². The third-order valence-corrected chi connectivity index (χ3v) is 6.56. The Bertz CT molecular complexity index is 441. The van der Waals surface area contributed by atoms with Gasteiger partial charge >= 0.3 is 7.60 Å². The summed E-state index contributed by atoms with van der Waals surface area (Å²) in [6.45, 7) is 2.86. The van der Waals surface area contributed by atoms with Crippen molar-refractivity contribution in [3.8, 4) is 0 Å². The van der Waals surface area contributed by atoms with E-state index in [9.17, 15) is 13.8 Å². The molecule has 3 atom stereocenters. The van der Waals surface area contributed by atoms with Crippen LogP contribution in [0.5, 0.6) is 0 Å². The number of halogens is 1. The molecule has 0 spiro atoms. The van der Waals surface area contributed by atoms with E-state index in [0.717, 1.165) is 19.4 Å². The molecule has 0 aromatic heterocycles. The number of hydrogen-bond acceptors (Lipinski definition) is 5. The monoisotopic (exact) mass is 482 g/mol. The van der Waals surface area contributed by atoms with Crippen LogP contribution in [0.2, 0.25) is 6.32 Å². The minimum Gasteiger partial charge on any atom is -0.394 e. The van der Waals surface area contributed by atoms with E-state index in [1.54, 1.807) is 6.92 Å². The van der Waals surface area contributed by atoms with Crippen LogP contribution in [0.25, 0.3) is 0 Å². The fraction of sp³-hybridized carbons (Fsp3) is 1.00. The second-order valence-electron chi connectivity index (χ2n) is 8.76. The molecule has 0 bridgehead atoms. The molecular formula is C23H49BFO6P. The van der Waals surface area contributed by atoms with Crippen LogP contribution in [0.3, 0.4) is 0 Å². The second kappa shape index (κ2) is 22.8. The Labute approximate surface area is 196 Å². The lowest BCUT2D eigenvalue weighted by Crippen LogP contribution is -2.18. The van der Waals surface area contributed by atoms with Crippen LogP contribution in [-0.4, -0.2) is 62.9 Å². The summed E-state index contributed by atoms with van der Waals surface area (Å²) in [6, 6.07) is 0. The minimum absolute atomic E-state index is 0.157. The van der Waals surface area contributed by atoms with Gasteiger partial charge < -0.3 is 24.0 Å². The minimum atomic E-state index is -3.77. The summed E-state index contributed by atoms with van der Waals surface area (Å²) in [5, 5.41) is 9.01. The molecule has 9 heteroatoms. The van der Waals surface area contributed by atoms with Gasteiger partial charge in [0.05, 0.1) is 25.5 Å². The van der Waals surface area contributed by atoms with Crippen molar-refractivity contribution in [3.63, 3.8) is 0 Å². The van der Waals surface area contributed by atoms with Gasteiger partial charge in [-0.2, -0.15) is 0 Å². The topological polar surface area (TPSA) is 85.2 Å². The first-order chi connectivity index (χ1) is 15.4. The molecule has 6 nitrogen and oxygen atoms in total. The maximum Gasteiger partial charge on any atom is 0.353 e. The Morgan fingerprint density at radius 1 is 0.844 bits per heavy atom. The standard InChI is InChI=1S/C23H49BFO6P/c1-22(25)15-12-10-8-6-4-2-3-5-7-9-11-13-16-29-17-14-18-31-32(27,28)21-30-23(19-24)20-26/h22-23,26H,2-21,24H2,1H3,(H,27,28)/t22?,23-/m0/s1. The van der Waals surface area contributed by atoms with Gasteiger partial charge in [-0.25, -0.2) is 4.39 Å². The molecular weight excluding hydrogens is 433 g/mol. The molecule has 192 valence electrons. The lowest BCUT2D eigenvalue weighted by molar-refractivity contribution is 0.0394. The molecule has 2 unspecified atom stereocenters. The van der Waals surface area contributed by atoms with Crippen LogP contribution in [0.15, 0.2) is 0 Å². The van der Waals surface area contributed by atoms with Crippen molar-refractivity contribution in [2.75, 3.05) is 32.8 Å². The quantitative estimate of drug-likeness (QED) is 0.103. The molecule has 0 saturated heterocycles. The molecule has 0 aromatic carbocycles. The van der Waals surface area contributed by atoms with Crippen LogP contribution in [-0.2, 0) is 18.6 Å². The first-order valence-corrected chi connectivity index (χ1v) is 14.6. The van der Waals surface area contributed by atoms with Crippen LogP contribution in [0, 0.1) is 0 Å². The molecule has 2 N–H and O–H groups in total. The zero-order chi connectivity index (χ0) is 23.9. The van der Waals surface area contributed by atoms with Crippen molar-refractivity contribution in [1.29, 1.82) is 0 Å². The highest BCUT2D eigenvalue weighted by atomic mass is 31.2. The highest BCUT2D eigenvalue weighted by Crippen LogP contribution is 2.42. The summed E-state index contributed by atoms with van der Waals surface area (Å²) in [4.78, 5) is 9.68. The van der Waals surface area contributed by atoms with E-state index in [1.807, 2.05) is 7.85 Å². The van der Waals surface area contributed by atoms with Crippen molar-refractivity contribution < 1.29 is 33.0 Å². The summed E-state index contributed by atoms with van der Waals surface area (Å²) in [5.41, 5.74) is 0. The molecule has 0 amide bonds. The zero-order valence-corrected chi connectivity index (χ0v) is 21.5. The van der Waals surface area contributed by atoms with Crippen LogP contribution in [0.1, 0.15) is 96.8 Å². The molecule has 0 aromatic rings. The van der Waals surface area contributed by atoms with Crippen molar-refractivity contribution in [2.45, 2.75) is 115 Å². The van der Waals surface area contributed by atoms with Gasteiger partial charge in [-0.05, 0) is 26.2 Å². The predicted octanol–water partition coefficient (Wildman–Crippen LogP) is 5.41. The van der Waals surface area contributed by atoms with Gasteiger partial charge in [0.15, 0.2) is 0 Å². The summed E-state index contributed by atoms with van der Waals surface area (Å²) in [6.07, 6.45) is 15.1. The Hall–Kier alpha value is 0.0249. The number of rotatable bonds is 25. The van der Waals surface area contributed by atoms with E-state index in [-0.39, 0.29) is 13.2 Å². The van der Waals surface area contributed by atoms with Crippen molar-refractivity contribution in [3.05, 3.63) is 0 Å². The Morgan fingerprint density at radius 3 is 1.84 bits per heavy atom. The van der Waals surface area contributed by atoms with Gasteiger partial charge in [-0.15, -0.1) is 0 Å². The van der Waals surface area contributed by atoms with E-state index in [1.165, 1.54) is 64.2 Å². The lowest BCUT2D eigenvalue weighted by Gasteiger charge is -2.17. The molecule has 0 aliphatic heterocycles. The van der Waals surface area contributed by atoms with Gasteiger partial charge in [0.2, 0.25) is 0 Å². The maximum atomic E-state index is 12.7. The third kappa shape index (κ3) is 23.2. The third-order valence-electron chi connectivity index (χ3n) is 5.50. The number of hydrogen-bond donors (Lipinski definition) is 2. The molecule has 0 radical (unpaired) electrons. The number of aliphatic hydroxyl groups excluding tert-OH is 1. The number of aliphatic hydroxyl groups is 1. The van der Waals surface area contributed by atoms with E-state index in [2.05, 4.69) is 0 Å². The first kappa shape index (κ1) is 32.0. The summed E-state index contributed by atoms with van der Waals surface area (Å²) < 4.78 is 40.2. The van der Waals surface area contributed by atoms with E-state index in [0.29, 0.717) is 25.8 Å². The van der Waals surface area contributed by atoms with Gasteiger partial charge in [0, 0.05) is 13.2 Å². The predicted molar refractivity (Wildman–Crippen MR) is 132 cm³/mol. The second-order valence-corrected chi connectivity index (χ2v) is 10.5. The van der Waals surface area contributed by atoms with Crippen LogP contribution >= 0.6 is 7.60 Å².